The van der Waals surface area contributed by atoms with Crippen molar-refractivity contribution in [2.45, 2.75) is 0 Å². The first-order chi connectivity index (χ1) is 24.8. The minimum atomic E-state index is 0.453. The SMILES string of the molecule is C1=NCCNCCN=Cc2ccc(cc2)OCCOc2ccc(cc2)C=NCCNCCN=Cc2ccc(cc2)OCCOc2ccc1cc2. The third-order valence-corrected chi connectivity index (χ3v) is 7.39. The summed E-state index contributed by atoms with van der Waals surface area (Å²) in [5.41, 5.74) is 4.12. The summed E-state index contributed by atoms with van der Waals surface area (Å²) in [6.07, 6.45) is 7.53. The molecule has 0 atom stereocenters. The summed E-state index contributed by atoms with van der Waals surface area (Å²) in [7, 11) is 0. The van der Waals surface area contributed by atoms with E-state index in [1.165, 1.54) is 0 Å². The fourth-order valence-corrected chi connectivity index (χ4v) is 4.74. The van der Waals surface area contributed by atoms with E-state index in [2.05, 4.69) is 30.6 Å². The fraction of sp³-hybridized carbons (Fsp3) is 0.300. The maximum atomic E-state index is 5.84. The van der Waals surface area contributed by atoms with Crippen LogP contribution in [0.1, 0.15) is 22.3 Å². The van der Waals surface area contributed by atoms with Crippen molar-refractivity contribution in [2.24, 2.45) is 20.0 Å². The normalized spacial score (nSPS) is 16.0. The van der Waals surface area contributed by atoms with Crippen molar-refractivity contribution in [3.8, 4) is 23.0 Å². The van der Waals surface area contributed by atoms with Gasteiger partial charge in [-0.25, -0.2) is 0 Å². The lowest BCUT2D eigenvalue weighted by atomic mass is 10.2. The summed E-state index contributed by atoms with van der Waals surface area (Å²) in [5.74, 6) is 3.19. The molecule has 0 fully saturated rings. The van der Waals surface area contributed by atoms with Crippen molar-refractivity contribution in [3.05, 3.63) is 119 Å². The summed E-state index contributed by atoms with van der Waals surface area (Å²) < 4.78 is 23.3. The Balaban J connectivity index is 1.08. The molecule has 0 spiro atoms. The molecule has 0 saturated carbocycles. The van der Waals surface area contributed by atoms with Crippen molar-refractivity contribution in [3.63, 3.8) is 0 Å². The van der Waals surface area contributed by atoms with Crippen molar-refractivity contribution in [1.29, 1.82) is 0 Å². The van der Waals surface area contributed by atoms with Gasteiger partial charge in [0.25, 0.3) is 0 Å². The van der Waals surface area contributed by atoms with Crippen LogP contribution in [0, 0.1) is 0 Å². The Bertz CT molecular complexity index is 1390. The number of nitrogens with zero attached hydrogens (tertiary/aromatic N) is 4. The molecule has 0 amide bonds. The molecule has 7 aliphatic heterocycles. The quantitative estimate of drug-likeness (QED) is 0.267. The Kier molecular flexibility index (Phi) is 15.5. The number of nitrogens with one attached hydrogen (secondary N) is 2. The van der Waals surface area contributed by atoms with Gasteiger partial charge >= 0.3 is 0 Å². The zero-order chi connectivity index (χ0) is 34.3. The van der Waals surface area contributed by atoms with Crippen LogP contribution in [0.5, 0.6) is 23.0 Å². The second-order valence-corrected chi connectivity index (χ2v) is 11.3. The van der Waals surface area contributed by atoms with Gasteiger partial charge in [0, 0.05) is 51.0 Å². The van der Waals surface area contributed by atoms with Crippen LogP contribution in [0.3, 0.4) is 0 Å². The first-order valence-electron chi connectivity index (χ1n) is 17.1. The third-order valence-electron chi connectivity index (χ3n) is 7.39. The monoisotopic (exact) mass is 674 g/mol. The lowest BCUT2D eigenvalue weighted by Gasteiger charge is -2.09. The molecule has 11 rings (SSSR count). The smallest absolute Gasteiger partial charge is 0.122 e. The second kappa shape index (κ2) is 21.6. The molecule has 7 heterocycles. The molecular weight excluding hydrogens is 628 g/mol. The highest BCUT2D eigenvalue weighted by atomic mass is 16.5. The largest absolute Gasteiger partial charge is 0.490 e. The molecule has 0 radical (unpaired) electrons. The molecule has 4 aromatic carbocycles. The maximum Gasteiger partial charge on any atom is 0.122 e. The van der Waals surface area contributed by atoms with Crippen LogP contribution in [0.2, 0.25) is 0 Å². The van der Waals surface area contributed by atoms with Crippen molar-refractivity contribution in [1.82, 2.24) is 10.6 Å². The van der Waals surface area contributed by atoms with Gasteiger partial charge in [-0.2, -0.15) is 0 Å². The number of hydrogen-bond acceptors (Lipinski definition) is 10. The third kappa shape index (κ3) is 14.0. The van der Waals surface area contributed by atoms with Crippen molar-refractivity contribution >= 4 is 24.9 Å². The van der Waals surface area contributed by atoms with Crippen LogP contribution in [0.15, 0.2) is 117 Å². The van der Waals surface area contributed by atoms with Gasteiger partial charge in [-0.05, 0) is 119 Å². The summed E-state index contributed by atoms with van der Waals surface area (Å²) in [6.45, 7) is 7.74. The summed E-state index contributed by atoms with van der Waals surface area (Å²) in [4.78, 5) is 18.1. The Hall–Kier alpha value is -5.32. The highest BCUT2D eigenvalue weighted by Gasteiger charge is 2.00. The van der Waals surface area contributed by atoms with Gasteiger partial charge in [0.15, 0.2) is 0 Å². The van der Waals surface area contributed by atoms with Gasteiger partial charge in [0.05, 0.1) is 26.2 Å². The molecule has 0 unspecified atom stereocenters. The number of aliphatic imine (C=N–C) groups is 4. The molecular formula is C40H46N6O4. The molecule has 10 nitrogen and oxygen atoms in total. The molecule has 8 bridgehead atoms. The lowest BCUT2D eigenvalue weighted by molar-refractivity contribution is 0.217. The predicted molar refractivity (Wildman–Crippen MR) is 203 cm³/mol. The number of ether oxygens (including phenoxy) is 4. The van der Waals surface area contributed by atoms with E-state index in [-0.39, 0.29) is 0 Å². The molecule has 7 aliphatic rings. The highest BCUT2D eigenvalue weighted by molar-refractivity contribution is 5.81. The van der Waals surface area contributed by atoms with Crippen LogP contribution in [-0.4, -0.2) is 104 Å². The van der Waals surface area contributed by atoms with E-state index in [1.54, 1.807) is 0 Å². The van der Waals surface area contributed by atoms with E-state index in [0.717, 1.165) is 71.4 Å². The molecule has 0 saturated heterocycles. The van der Waals surface area contributed by atoms with Crippen LogP contribution in [-0.2, 0) is 0 Å². The number of rotatable bonds is 0. The van der Waals surface area contributed by atoms with E-state index in [9.17, 15) is 0 Å². The maximum absolute atomic E-state index is 5.84. The highest BCUT2D eigenvalue weighted by Crippen LogP contribution is 2.15. The zero-order valence-electron chi connectivity index (χ0n) is 28.5. The first-order valence-corrected chi connectivity index (χ1v) is 17.1. The number of hydrogen-bond donors (Lipinski definition) is 2. The van der Waals surface area contributed by atoms with Gasteiger partial charge < -0.3 is 29.6 Å². The predicted octanol–water partition coefficient (Wildman–Crippen LogP) is 5.17. The molecule has 50 heavy (non-hydrogen) atoms. The lowest BCUT2D eigenvalue weighted by Crippen LogP contribution is -2.20. The van der Waals surface area contributed by atoms with E-state index in [4.69, 9.17) is 18.9 Å². The van der Waals surface area contributed by atoms with Crippen molar-refractivity contribution < 1.29 is 18.9 Å². The summed E-state index contributed by atoms with van der Waals surface area (Å²) in [5, 5.41) is 6.76. The Morgan fingerprint density at radius 3 is 0.760 bits per heavy atom. The molecule has 10 heteroatoms. The van der Waals surface area contributed by atoms with Crippen LogP contribution >= 0.6 is 0 Å². The van der Waals surface area contributed by atoms with Gasteiger partial charge in [-0.1, -0.05) is 0 Å². The van der Waals surface area contributed by atoms with Crippen molar-refractivity contribution in [2.75, 3.05) is 78.8 Å². The second-order valence-electron chi connectivity index (χ2n) is 11.3. The minimum Gasteiger partial charge on any atom is -0.490 e. The first kappa shape index (κ1) is 36.0. The zero-order valence-corrected chi connectivity index (χ0v) is 28.5. The Labute approximate surface area is 295 Å². The molecule has 0 aliphatic carbocycles. The summed E-state index contributed by atoms with van der Waals surface area (Å²) >= 11 is 0. The van der Waals surface area contributed by atoms with Gasteiger partial charge in [0.2, 0.25) is 0 Å². The molecule has 0 aromatic heterocycles. The van der Waals surface area contributed by atoms with Crippen LogP contribution in [0.4, 0.5) is 0 Å². The fourth-order valence-electron chi connectivity index (χ4n) is 4.74. The average Bonchev–Trinajstić information content (AvgIpc) is 3.15. The number of benzene rings is 4. The molecule has 2 N–H and O–H groups in total. The van der Waals surface area contributed by atoms with Crippen LogP contribution < -0.4 is 29.6 Å². The minimum absolute atomic E-state index is 0.453. The van der Waals surface area contributed by atoms with Gasteiger partial charge in [-0.3, -0.25) is 20.0 Å². The molecule has 260 valence electrons. The average molecular weight is 675 g/mol. The van der Waals surface area contributed by atoms with Gasteiger partial charge in [-0.15, -0.1) is 0 Å². The Morgan fingerprint density at radius 2 is 0.540 bits per heavy atom. The standard InChI is InChI=1S/C40H46N6O4/c1-9-37-10-2-33(1)29-43-21-17-41-18-22-44-30-35-5-13-39(14-6-35)49-27-28-50-40-15-7-36(8-16-40)32-46-24-20-42-19-23-45-31-34-3-11-38(12-4-34)48-26-25-47-37/h1-16,29-32,41-42H,17-28H2. The van der Waals surface area contributed by atoms with E-state index in [0.29, 0.717) is 52.6 Å². The topological polar surface area (TPSA) is 110 Å². The molecule has 4 aromatic rings. The van der Waals surface area contributed by atoms with Crippen LogP contribution in [0.25, 0.3) is 0 Å². The van der Waals surface area contributed by atoms with E-state index >= 15 is 0 Å². The van der Waals surface area contributed by atoms with E-state index < -0.39 is 0 Å². The van der Waals surface area contributed by atoms with E-state index in [1.807, 2.05) is 122 Å². The Morgan fingerprint density at radius 1 is 0.320 bits per heavy atom. The van der Waals surface area contributed by atoms with Gasteiger partial charge in [0.1, 0.15) is 49.4 Å². The summed E-state index contributed by atoms with van der Waals surface area (Å²) in [6, 6.07) is 31.6.